The third kappa shape index (κ3) is 3.77. The number of carbonyl (C=O) groups excluding carboxylic acids is 1. The van der Waals surface area contributed by atoms with Crippen LogP contribution in [0.3, 0.4) is 0 Å². The van der Waals surface area contributed by atoms with Crippen LogP contribution in [0.4, 0.5) is 4.39 Å². The van der Waals surface area contributed by atoms with Crippen LogP contribution >= 0.6 is 0 Å². The molecular formula is C22H21FN4O2. The number of halogens is 1. The average Bonchev–Trinajstić information content (AvgIpc) is 3.34. The van der Waals surface area contributed by atoms with Gasteiger partial charge in [0.15, 0.2) is 5.69 Å². The standard InChI is InChI=1S/C22H21FN4O2/c1-22(2,14-28)24-21(29)19-10-11-27(25-19)20-9-8-18-7-6-16(13-26(18)20)15-4-3-5-17(23)12-15/h3-13,28H,14H2,1-2H3,(H,24,29). The fraction of sp³-hybridized carbons (Fsp3) is 0.182. The lowest BCUT2D eigenvalue weighted by Crippen LogP contribution is -2.46. The van der Waals surface area contributed by atoms with Crippen molar-refractivity contribution in [1.29, 1.82) is 0 Å². The van der Waals surface area contributed by atoms with Crippen LogP contribution in [0.2, 0.25) is 0 Å². The number of aliphatic hydroxyl groups is 1. The average molecular weight is 392 g/mol. The van der Waals surface area contributed by atoms with E-state index in [0.29, 0.717) is 0 Å². The minimum absolute atomic E-state index is 0.175. The largest absolute Gasteiger partial charge is 0.394 e. The lowest BCUT2D eigenvalue weighted by atomic mass is 10.1. The Kier molecular flexibility index (Phi) is 4.68. The van der Waals surface area contributed by atoms with Crippen LogP contribution in [0.25, 0.3) is 22.5 Å². The van der Waals surface area contributed by atoms with E-state index in [4.69, 9.17) is 0 Å². The SMILES string of the molecule is CC(C)(CO)NC(=O)c1ccn(-c2ccc3ccc(-c4cccc(F)c4)cn23)n1. The van der Waals surface area contributed by atoms with E-state index in [2.05, 4.69) is 10.4 Å². The second-order valence-corrected chi connectivity index (χ2v) is 7.56. The Balaban J connectivity index is 1.69. The van der Waals surface area contributed by atoms with Gasteiger partial charge in [0, 0.05) is 17.9 Å². The second kappa shape index (κ2) is 7.18. The number of carbonyl (C=O) groups is 1. The molecule has 0 bridgehead atoms. The Labute approximate surface area is 167 Å². The fourth-order valence-electron chi connectivity index (χ4n) is 3.10. The highest BCUT2D eigenvalue weighted by molar-refractivity contribution is 5.92. The summed E-state index contributed by atoms with van der Waals surface area (Å²) in [5, 5.41) is 16.5. The van der Waals surface area contributed by atoms with Crippen molar-refractivity contribution in [3.63, 3.8) is 0 Å². The predicted octanol–water partition coefficient (Wildman–Crippen LogP) is 3.43. The Bertz CT molecular complexity index is 1190. The van der Waals surface area contributed by atoms with Gasteiger partial charge in [0.1, 0.15) is 11.6 Å². The first kappa shape index (κ1) is 18.9. The zero-order chi connectivity index (χ0) is 20.6. The van der Waals surface area contributed by atoms with Crippen molar-refractivity contribution in [3.05, 3.63) is 78.5 Å². The van der Waals surface area contributed by atoms with E-state index in [9.17, 15) is 14.3 Å². The van der Waals surface area contributed by atoms with Crippen molar-refractivity contribution in [2.24, 2.45) is 0 Å². The van der Waals surface area contributed by atoms with Gasteiger partial charge < -0.3 is 14.8 Å². The Morgan fingerprint density at radius 1 is 1.14 bits per heavy atom. The third-order valence-corrected chi connectivity index (χ3v) is 4.69. The fourth-order valence-corrected chi connectivity index (χ4v) is 3.10. The molecule has 7 heteroatoms. The summed E-state index contributed by atoms with van der Waals surface area (Å²) in [5.74, 6) is 0.103. The number of amides is 1. The van der Waals surface area contributed by atoms with E-state index >= 15 is 0 Å². The Morgan fingerprint density at radius 3 is 2.69 bits per heavy atom. The molecule has 3 aromatic heterocycles. The van der Waals surface area contributed by atoms with Crippen LogP contribution in [0.1, 0.15) is 24.3 Å². The number of aromatic nitrogens is 3. The normalized spacial score (nSPS) is 11.7. The number of benzene rings is 1. The van der Waals surface area contributed by atoms with E-state index in [1.807, 2.05) is 40.9 Å². The van der Waals surface area contributed by atoms with E-state index in [1.54, 1.807) is 36.9 Å². The van der Waals surface area contributed by atoms with E-state index in [-0.39, 0.29) is 24.0 Å². The molecule has 4 aromatic rings. The van der Waals surface area contributed by atoms with Gasteiger partial charge in [0.25, 0.3) is 5.91 Å². The molecule has 6 nitrogen and oxygen atoms in total. The lowest BCUT2D eigenvalue weighted by Gasteiger charge is -2.22. The van der Waals surface area contributed by atoms with Gasteiger partial charge in [0.05, 0.1) is 12.1 Å². The molecule has 0 unspecified atom stereocenters. The Morgan fingerprint density at radius 2 is 1.93 bits per heavy atom. The minimum Gasteiger partial charge on any atom is -0.394 e. The molecule has 0 fully saturated rings. The number of pyridine rings is 1. The summed E-state index contributed by atoms with van der Waals surface area (Å²) in [5.41, 5.74) is 2.11. The zero-order valence-electron chi connectivity index (χ0n) is 16.1. The molecular weight excluding hydrogens is 371 g/mol. The van der Waals surface area contributed by atoms with Crippen molar-refractivity contribution in [2.75, 3.05) is 6.61 Å². The highest BCUT2D eigenvalue weighted by Gasteiger charge is 2.21. The molecule has 2 N–H and O–H groups in total. The monoisotopic (exact) mass is 392 g/mol. The molecule has 0 radical (unpaired) electrons. The molecule has 0 spiro atoms. The number of nitrogens with zero attached hydrogens (tertiary/aromatic N) is 3. The van der Waals surface area contributed by atoms with Gasteiger partial charge in [0.2, 0.25) is 0 Å². The van der Waals surface area contributed by atoms with E-state index in [1.165, 1.54) is 12.1 Å². The number of rotatable bonds is 5. The molecule has 29 heavy (non-hydrogen) atoms. The molecule has 0 atom stereocenters. The molecule has 0 saturated carbocycles. The second-order valence-electron chi connectivity index (χ2n) is 7.56. The summed E-state index contributed by atoms with van der Waals surface area (Å²) in [6.45, 7) is 3.29. The van der Waals surface area contributed by atoms with Gasteiger partial charge in [-0.2, -0.15) is 5.10 Å². The highest BCUT2D eigenvalue weighted by Crippen LogP contribution is 2.23. The van der Waals surface area contributed by atoms with Crippen molar-refractivity contribution in [3.8, 4) is 16.9 Å². The topological polar surface area (TPSA) is 71.6 Å². The zero-order valence-corrected chi connectivity index (χ0v) is 16.1. The van der Waals surface area contributed by atoms with Crippen LogP contribution < -0.4 is 5.32 Å². The molecule has 0 aliphatic carbocycles. The molecule has 3 heterocycles. The summed E-state index contributed by atoms with van der Waals surface area (Å²) in [4.78, 5) is 12.4. The number of hydrogen-bond donors (Lipinski definition) is 2. The van der Waals surface area contributed by atoms with Crippen LogP contribution in [0, 0.1) is 5.82 Å². The van der Waals surface area contributed by atoms with Crippen molar-refractivity contribution >= 4 is 11.4 Å². The first-order chi connectivity index (χ1) is 13.9. The van der Waals surface area contributed by atoms with Gasteiger partial charge in [-0.05, 0) is 61.4 Å². The first-order valence-electron chi connectivity index (χ1n) is 9.23. The van der Waals surface area contributed by atoms with Gasteiger partial charge in [-0.25, -0.2) is 9.07 Å². The van der Waals surface area contributed by atoms with Crippen LogP contribution in [-0.4, -0.2) is 37.3 Å². The predicted molar refractivity (Wildman–Crippen MR) is 109 cm³/mol. The summed E-state index contributed by atoms with van der Waals surface area (Å²) in [7, 11) is 0. The number of hydrogen-bond acceptors (Lipinski definition) is 3. The summed E-state index contributed by atoms with van der Waals surface area (Å²) in [6.07, 6.45) is 3.62. The highest BCUT2D eigenvalue weighted by atomic mass is 19.1. The minimum atomic E-state index is -0.734. The maximum Gasteiger partial charge on any atom is 0.272 e. The Hall–Kier alpha value is -3.45. The van der Waals surface area contributed by atoms with Crippen molar-refractivity contribution in [2.45, 2.75) is 19.4 Å². The smallest absolute Gasteiger partial charge is 0.272 e. The molecule has 1 amide bonds. The lowest BCUT2D eigenvalue weighted by molar-refractivity contribution is 0.0864. The molecule has 0 aliphatic rings. The van der Waals surface area contributed by atoms with E-state index < -0.39 is 5.54 Å². The number of aliphatic hydroxyl groups excluding tert-OH is 1. The van der Waals surface area contributed by atoms with E-state index in [0.717, 1.165) is 22.5 Å². The molecule has 0 aliphatic heterocycles. The maximum absolute atomic E-state index is 13.6. The van der Waals surface area contributed by atoms with Crippen LogP contribution in [0.5, 0.6) is 0 Å². The van der Waals surface area contributed by atoms with Crippen LogP contribution in [0.15, 0.2) is 67.0 Å². The van der Waals surface area contributed by atoms with Crippen molar-refractivity contribution < 1.29 is 14.3 Å². The molecule has 4 rings (SSSR count). The van der Waals surface area contributed by atoms with Crippen LogP contribution in [-0.2, 0) is 0 Å². The number of nitrogens with one attached hydrogen (secondary N) is 1. The quantitative estimate of drug-likeness (QED) is 0.547. The van der Waals surface area contributed by atoms with Gasteiger partial charge in [-0.3, -0.25) is 4.79 Å². The van der Waals surface area contributed by atoms with Crippen molar-refractivity contribution in [1.82, 2.24) is 19.5 Å². The van der Waals surface area contributed by atoms with Gasteiger partial charge in [-0.15, -0.1) is 0 Å². The summed E-state index contributed by atoms with van der Waals surface area (Å²) in [6, 6.07) is 15.8. The summed E-state index contributed by atoms with van der Waals surface area (Å²) < 4.78 is 17.1. The number of fused-ring (bicyclic) bond motifs is 1. The molecule has 1 aromatic carbocycles. The maximum atomic E-state index is 13.6. The first-order valence-corrected chi connectivity index (χ1v) is 9.23. The molecule has 148 valence electrons. The third-order valence-electron chi connectivity index (χ3n) is 4.69. The molecule has 0 saturated heterocycles. The van der Waals surface area contributed by atoms with Gasteiger partial charge in [-0.1, -0.05) is 18.2 Å². The van der Waals surface area contributed by atoms with Gasteiger partial charge >= 0.3 is 0 Å². The summed E-state index contributed by atoms with van der Waals surface area (Å²) >= 11 is 0.